The van der Waals surface area contributed by atoms with Crippen molar-refractivity contribution >= 4 is 11.9 Å². The first kappa shape index (κ1) is 14.9. The van der Waals surface area contributed by atoms with Crippen molar-refractivity contribution in [2.75, 3.05) is 40.4 Å². The predicted octanol–water partition coefficient (Wildman–Crippen LogP) is 0.0303. The van der Waals surface area contributed by atoms with E-state index < -0.39 is 5.97 Å². The van der Waals surface area contributed by atoms with Gasteiger partial charge < -0.3 is 14.7 Å². The molecular formula is C12H22N2O4. The molecular weight excluding hydrogens is 236 g/mol. The van der Waals surface area contributed by atoms with Crippen molar-refractivity contribution in [2.45, 2.75) is 25.3 Å². The maximum absolute atomic E-state index is 12.3. The molecule has 0 aromatic heterocycles. The van der Waals surface area contributed by atoms with Crippen LogP contribution in [0.1, 0.15) is 19.3 Å². The zero-order chi connectivity index (χ0) is 13.5. The largest absolute Gasteiger partial charge is 0.480 e. The van der Waals surface area contributed by atoms with E-state index in [1.54, 1.807) is 7.11 Å². The first-order chi connectivity index (χ1) is 8.56. The number of ether oxygens (including phenoxy) is 1. The molecule has 0 aromatic carbocycles. The molecule has 0 saturated carbocycles. The van der Waals surface area contributed by atoms with Gasteiger partial charge in [0.15, 0.2) is 0 Å². The maximum Gasteiger partial charge on any atom is 0.323 e. The van der Waals surface area contributed by atoms with Crippen molar-refractivity contribution in [3.05, 3.63) is 0 Å². The zero-order valence-corrected chi connectivity index (χ0v) is 11.1. The number of methoxy groups -OCH3 is 1. The van der Waals surface area contributed by atoms with Gasteiger partial charge >= 0.3 is 5.97 Å². The highest BCUT2D eigenvalue weighted by molar-refractivity contribution is 5.85. The Morgan fingerprint density at radius 3 is 2.89 bits per heavy atom. The quantitative estimate of drug-likeness (QED) is 0.728. The summed E-state index contributed by atoms with van der Waals surface area (Å²) in [5.74, 6) is -1.03. The number of rotatable bonds is 6. The van der Waals surface area contributed by atoms with Gasteiger partial charge in [-0.05, 0) is 26.3 Å². The molecule has 1 saturated heterocycles. The highest BCUT2D eigenvalue weighted by Crippen LogP contribution is 2.16. The van der Waals surface area contributed by atoms with Crippen LogP contribution in [0.4, 0.5) is 0 Å². The molecule has 1 amide bonds. The minimum atomic E-state index is -0.955. The van der Waals surface area contributed by atoms with Gasteiger partial charge in [-0.2, -0.15) is 0 Å². The van der Waals surface area contributed by atoms with Crippen LogP contribution in [-0.4, -0.2) is 73.2 Å². The summed E-state index contributed by atoms with van der Waals surface area (Å²) in [6, 6.07) is -0.220. The van der Waals surface area contributed by atoms with Crippen molar-refractivity contribution < 1.29 is 19.4 Å². The van der Waals surface area contributed by atoms with Crippen LogP contribution in [0.3, 0.4) is 0 Å². The first-order valence-corrected chi connectivity index (χ1v) is 6.26. The normalized spacial score (nSPS) is 21.2. The molecule has 0 spiro atoms. The second-order valence-corrected chi connectivity index (χ2v) is 4.64. The summed E-state index contributed by atoms with van der Waals surface area (Å²) in [5, 5.41) is 8.81. The van der Waals surface area contributed by atoms with Crippen molar-refractivity contribution in [1.29, 1.82) is 0 Å². The number of likely N-dealkylation sites (N-methyl/N-ethyl adjacent to an activating group) is 1. The highest BCUT2D eigenvalue weighted by atomic mass is 16.5. The van der Waals surface area contributed by atoms with Gasteiger partial charge in [-0.3, -0.25) is 14.5 Å². The summed E-state index contributed by atoms with van der Waals surface area (Å²) in [6.07, 6.45) is 2.60. The summed E-state index contributed by atoms with van der Waals surface area (Å²) in [6.45, 7) is 1.58. The van der Waals surface area contributed by atoms with Gasteiger partial charge in [-0.25, -0.2) is 0 Å². The molecule has 1 aliphatic heterocycles. The molecule has 6 heteroatoms. The summed E-state index contributed by atoms with van der Waals surface area (Å²) >= 11 is 0. The lowest BCUT2D eigenvalue weighted by molar-refractivity contribution is -0.146. The van der Waals surface area contributed by atoms with Crippen LogP contribution in [-0.2, 0) is 14.3 Å². The number of likely N-dealkylation sites (tertiary alicyclic amines) is 1. The average molecular weight is 258 g/mol. The fraction of sp³-hybridized carbons (Fsp3) is 0.833. The van der Waals surface area contributed by atoms with Gasteiger partial charge in [0.05, 0.1) is 12.6 Å². The van der Waals surface area contributed by atoms with Crippen molar-refractivity contribution in [3.8, 4) is 0 Å². The van der Waals surface area contributed by atoms with Gasteiger partial charge in [0.2, 0.25) is 5.91 Å². The van der Waals surface area contributed by atoms with E-state index in [0.29, 0.717) is 19.7 Å². The number of hydrogen-bond donors (Lipinski definition) is 1. The molecule has 0 aliphatic carbocycles. The molecule has 6 nitrogen and oxygen atoms in total. The summed E-state index contributed by atoms with van der Waals surface area (Å²) in [5.41, 5.74) is 0. The van der Waals surface area contributed by atoms with Gasteiger partial charge in [0.1, 0.15) is 6.54 Å². The third-order valence-corrected chi connectivity index (χ3v) is 3.26. The Labute approximate surface area is 107 Å². The van der Waals surface area contributed by atoms with Gasteiger partial charge in [0, 0.05) is 20.2 Å². The van der Waals surface area contributed by atoms with Crippen LogP contribution in [0.5, 0.6) is 0 Å². The molecule has 1 atom stereocenters. The number of carbonyl (C=O) groups is 2. The summed E-state index contributed by atoms with van der Waals surface area (Å²) < 4.78 is 5.00. The third kappa shape index (κ3) is 4.27. The molecule has 18 heavy (non-hydrogen) atoms. The van der Waals surface area contributed by atoms with Crippen LogP contribution >= 0.6 is 0 Å². The number of carbonyl (C=O) groups excluding carboxylic acids is 1. The lowest BCUT2D eigenvalue weighted by atomic mass is 10.1. The van der Waals surface area contributed by atoms with Crippen LogP contribution < -0.4 is 0 Å². The van der Waals surface area contributed by atoms with Gasteiger partial charge in [-0.15, -0.1) is 0 Å². The first-order valence-electron chi connectivity index (χ1n) is 6.26. The van der Waals surface area contributed by atoms with E-state index >= 15 is 0 Å². The Kier molecular flexibility index (Phi) is 6.07. The van der Waals surface area contributed by atoms with E-state index in [-0.39, 0.29) is 18.5 Å². The minimum Gasteiger partial charge on any atom is -0.480 e. The standard InChI is InChI=1S/C12H22N2O4/c1-13(7-8-18-2)10-5-3-4-6-14(12(10)17)9-11(15)16/h10H,3-9H2,1-2H3,(H,15,16). The van der Waals surface area contributed by atoms with E-state index in [1.807, 2.05) is 11.9 Å². The molecule has 1 heterocycles. The molecule has 0 bridgehead atoms. The molecule has 1 rings (SSSR count). The monoisotopic (exact) mass is 258 g/mol. The topological polar surface area (TPSA) is 70.1 Å². The molecule has 1 N–H and O–H groups in total. The van der Waals surface area contributed by atoms with Gasteiger partial charge in [0.25, 0.3) is 0 Å². The second-order valence-electron chi connectivity index (χ2n) is 4.64. The number of carboxylic acid groups (broad SMARTS) is 1. The molecule has 1 fully saturated rings. The van der Waals surface area contributed by atoms with E-state index in [0.717, 1.165) is 19.3 Å². The SMILES string of the molecule is COCCN(C)C1CCCCN(CC(=O)O)C1=O. The predicted molar refractivity (Wildman–Crippen MR) is 66.4 cm³/mol. The van der Waals surface area contributed by atoms with Crippen LogP contribution in [0.2, 0.25) is 0 Å². The smallest absolute Gasteiger partial charge is 0.323 e. The number of nitrogens with zero attached hydrogens (tertiary/aromatic N) is 2. The Hall–Kier alpha value is -1.14. The molecule has 104 valence electrons. The number of aliphatic carboxylic acids is 1. The third-order valence-electron chi connectivity index (χ3n) is 3.26. The lowest BCUT2D eigenvalue weighted by Gasteiger charge is -2.29. The number of carboxylic acids is 1. The van der Waals surface area contributed by atoms with Gasteiger partial charge in [-0.1, -0.05) is 0 Å². The molecule has 0 aromatic rings. The Morgan fingerprint density at radius 2 is 2.28 bits per heavy atom. The van der Waals surface area contributed by atoms with Crippen molar-refractivity contribution in [2.24, 2.45) is 0 Å². The fourth-order valence-corrected chi connectivity index (χ4v) is 2.21. The Balaban J connectivity index is 2.64. The van der Waals surface area contributed by atoms with E-state index in [9.17, 15) is 9.59 Å². The molecule has 0 radical (unpaired) electrons. The zero-order valence-electron chi connectivity index (χ0n) is 11.1. The van der Waals surface area contributed by atoms with E-state index in [4.69, 9.17) is 9.84 Å². The van der Waals surface area contributed by atoms with Crippen LogP contribution in [0, 0.1) is 0 Å². The number of hydrogen-bond acceptors (Lipinski definition) is 4. The lowest BCUT2D eigenvalue weighted by Crippen LogP contribution is -2.48. The van der Waals surface area contributed by atoms with E-state index in [2.05, 4.69) is 0 Å². The summed E-state index contributed by atoms with van der Waals surface area (Å²) in [7, 11) is 3.51. The van der Waals surface area contributed by atoms with Crippen LogP contribution in [0.25, 0.3) is 0 Å². The van der Waals surface area contributed by atoms with Crippen molar-refractivity contribution in [1.82, 2.24) is 9.80 Å². The van der Waals surface area contributed by atoms with E-state index in [1.165, 1.54) is 4.90 Å². The fourth-order valence-electron chi connectivity index (χ4n) is 2.21. The van der Waals surface area contributed by atoms with Crippen LogP contribution in [0.15, 0.2) is 0 Å². The van der Waals surface area contributed by atoms with Crippen molar-refractivity contribution in [3.63, 3.8) is 0 Å². The number of amides is 1. The Bertz CT molecular complexity index is 296. The average Bonchev–Trinajstić information content (AvgIpc) is 2.49. The molecule has 1 aliphatic rings. The molecule has 1 unspecified atom stereocenters. The Morgan fingerprint density at radius 1 is 1.56 bits per heavy atom. The maximum atomic E-state index is 12.3. The summed E-state index contributed by atoms with van der Waals surface area (Å²) in [4.78, 5) is 26.4. The minimum absolute atomic E-state index is 0.0755. The second kappa shape index (κ2) is 7.33. The highest BCUT2D eigenvalue weighted by Gasteiger charge is 2.30.